The van der Waals surface area contributed by atoms with Gasteiger partial charge < -0.3 is 0 Å². The zero-order valence-electron chi connectivity index (χ0n) is 5.28. The first kappa shape index (κ1) is 5.35. The highest BCUT2D eigenvalue weighted by Gasteiger charge is 1.87. The molecule has 0 aliphatic rings. The van der Waals surface area contributed by atoms with E-state index in [9.17, 15) is 0 Å². The summed E-state index contributed by atoms with van der Waals surface area (Å²) in [6.07, 6.45) is 3.32. The molecule has 0 fully saturated rings. The Balaban J connectivity index is 2.89. The Morgan fingerprint density at radius 1 is 1.40 bits per heavy atom. The average molecular weight is 129 g/mol. The largest absolute Gasteiger partial charge is 0.244 e. The SMILES string of the molecule is [c]1ccc2ncncc2c1. The zero-order chi connectivity index (χ0) is 6.81. The molecule has 1 aromatic heterocycles. The van der Waals surface area contributed by atoms with Crippen LogP contribution in [0.5, 0.6) is 0 Å². The van der Waals surface area contributed by atoms with E-state index in [0.29, 0.717) is 0 Å². The molecule has 0 spiro atoms. The molecule has 0 unspecified atom stereocenters. The van der Waals surface area contributed by atoms with Crippen molar-refractivity contribution >= 4 is 10.9 Å². The molecular weight excluding hydrogens is 124 g/mol. The maximum absolute atomic E-state index is 4.05. The molecule has 2 nitrogen and oxygen atoms in total. The average Bonchev–Trinajstić information content (AvgIpc) is 2.05. The molecule has 0 saturated heterocycles. The van der Waals surface area contributed by atoms with Crippen LogP contribution >= 0.6 is 0 Å². The third-order valence-corrected chi connectivity index (χ3v) is 1.35. The monoisotopic (exact) mass is 129 g/mol. The van der Waals surface area contributed by atoms with Crippen LogP contribution in [0.15, 0.2) is 30.7 Å². The van der Waals surface area contributed by atoms with Crippen LogP contribution in [-0.2, 0) is 0 Å². The van der Waals surface area contributed by atoms with Gasteiger partial charge >= 0.3 is 0 Å². The van der Waals surface area contributed by atoms with Crippen LogP contribution in [0, 0.1) is 6.07 Å². The molecule has 1 heterocycles. The van der Waals surface area contributed by atoms with E-state index >= 15 is 0 Å². The summed E-state index contributed by atoms with van der Waals surface area (Å²) >= 11 is 0. The van der Waals surface area contributed by atoms with Gasteiger partial charge in [-0.2, -0.15) is 0 Å². The molecule has 0 saturated carbocycles. The lowest BCUT2D eigenvalue weighted by Gasteiger charge is -1.90. The van der Waals surface area contributed by atoms with Crippen molar-refractivity contribution in [3.63, 3.8) is 0 Å². The smallest absolute Gasteiger partial charge is 0.116 e. The molecule has 0 N–H and O–H groups in total. The van der Waals surface area contributed by atoms with Gasteiger partial charge in [-0.3, -0.25) is 0 Å². The molecule has 47 valence electrons. The van der Waals surface area contributed by atoms with Crippen LogP contribution in [0.2, 0.25) is 0 Å². The summed E-state index contributed by atoms with van der Waals surface area (Å²) in [5.41, 5.74) is 0.966. The highest BCUT2D eigenvalue weighted by Crippen LogP contribution is 2.05. The third kappa shape index (κ3) is 0.739. The lowest BCUT2D eigenvalue weighted by atomic mass is 10.2. The molecule has 0 bridgehead atoms. The molecular formula is C8H5N2. The molecule has 2 heteroatoms. The van der Waals surface area contributed by atoms with Crippen LogP contribution in [0.1, 0.15) is 0 Å². The topological polar surface area (TPSA) is 25.8 Å². The van der Waals surface area contributed by atoms with Crippen molar-refractivity contribution in [2.75, 3.05) is 0 Å². The van der Waals surface area contributed by atoms with E-state index in [0.717, 1.165) is 10.9 Å². The highest BCUT2D eigenvalue weighted by molar-refractivity contribution is 5.76. The molecule has 0 amide bonds. The summed E-state index contributed by atoms with van der Waals surface area (Å²) in [5, 5.41) is 1.03. The van der Waals surface area contributed by atoms with Gasteiger partial charge in [-0.05, 0) is 18.2 Å². The Kier molecular flexibility index (Phi) is 1.10. The number of rotatable bonds is 0. The predicted octanol–water partition coefficient (Wildman–Crippen LogP) is 1.43. The van der Waals surface area contributed by atoms with Gasteiger partial charge in [0.2, 0.25) is 0 Å². The van der Waals surface area contributed by atoms with Crippen LogP contribution in [0.3, 0.4) is 0 Å². The van der Waals surface area contributed by atoms with Crippen LogP contribution in [0.25, 0.3) is 10.9 Å². The van der Waals surface area contributed by atoms with Gasteiger partial charge in [-0.15, -0.1) is 0 Å². The molecule has 2 aromatic rings. The third-order valence-electron chi connectivity index (χ3n) is 1.35. The second kappa shape index (κ2) is 2.06. The summed E-state index contributed by atoms with van der Waals surface area (Å²) < 4.78 is 0. The van der Waals surface area contributed by atoms with Gasteiger partial charge in [0.05, 0.1) is 5.52 Å². The first-order valence-electron chi connectivity index (χ1n) is 3.02. The number of hydrogen-bond acceptors (Lipinski definition) is 2. The summed E-state index contributed by atoms with van der Waals surface area (Å²) in [6.45, 7) is 0. The Labute approximate surface area is 58.6 Å². The van der Waals surface area contributed by atoms with Crippen molar-refractivity contribution in [1.29, 1.82) is 0 Å². The standard InChI is InChI=1S/C8H5N2/c1-2-4-8-7(3-1)5-9-6-10-8/h2-6H. The van der Waals surface area contributed by atoms with Gasteiger partial charge in [0, 0.05) is 11.6 Å². The minimum atomic E-state index is 0.966. The van der Waals surface area contributed by atoms with Crippen molar-refractivity contribution in [2.45, 2.75) is 0 Å². The normalized spacial score (nSPS) is 10.0. The first-order valence-corrected chi connectivity index (χ1v) is 3.02. The number of fused-ring (bicyclic) bond motifs is 1. The van der Waals surface area contributed by atoms with E-state index < -0.39 is 0 Å². The van der Waals surface area contributed by atoms with Gasteiger partial charge in [-0.1, -0.05) is 6.07 Å². The van der Waals surface area contributed by atoms with Crippen molar-refractivity contribution in [3.8, 4) is 0 Å². The molecule has 0 aliphatic heterocycles. The van der Waals surface area contributed by atoms with Crippen LogP contribution in [-0.4, -0.2) is 9.97 Å². The van der Waals surface area contributed by atoms with Crippen LogP contribution in [0.4, 0.5) is 0 Å². The Morgan fingerprint density at radius 3 is 3.30 bits per heavy atom. The Morgan fingerprint density at radius 2 is 2.40 bits per heavy atom. The van der Waals surface area contributed by atoms with Crippen LogP contribution < -0.4 is 0 Å². The summed E-state index contributed by atoms with van der Waals surface area (Å²) in [5.74, 6) is 0. The highest BCUT2D eigenvalue weighted by atomic mass is 14.8. The summed E-state index contributed by atoms with van der Waals surface area (Å²) in [7, 11) is 0. The second-order valence-electron chi connectivity index (χ2n) is 2.01. The summed E-state index contributed by atoms with van der Waals surface area (Å²) in [6, 6.07) is 8.58. The van der Waals surface area contributed by atoms with Crippen molar-refractivity contribution in [2.24, 2.45) is 0 Å². The lowest BCUT2D eigenvalue weighted by Crippen LogP contribution is -1.78. The number of nitrogens with zero attached hydrogens (tertiary/aromatic N) is 2. The Hall–Kier alpha value is -1.44. The van der Waals surface area contributed by atoms with E-state index in [1.165, 1.54) is 0 Å². The van der Waals surface area contributed by atoms with E-state index in [1.54, 1.807) is 12.5 Å². The molecule has 0 aliphatic carbocycles. The van der Waals surface area contributed by atoms with Crippen molar-refractivity contribution < 1.29 is 0 Å². The fraction of sp³-hybridized carbons (Fsp3) is 0. The zero-order valence-corrected chi connectivity index (χ0v) is 5.28. The fourth-order valence-corrected chi connectivity index (χ4v) is 0.865. The quantitative estimate of drug-likeness (QED) is 0.537. The van der Waals surface area contributed by atoms with E-state index in [-0.39, 0.29) is 0 Å². The van der Waals surface area contributed by atoms with Crippen molar-refractivity contribution in [1.82, 2.24) is 9.97 Å². The van der Waals surface area contributed by atoms with Gasteiger partial charge in [0.25, 0.3) is 0 Å². The van der Waals surface area contributed by atoms with Crippen molar-refractivity contribution in [3.05, 3.63) is 36.8 Å². The van der Waals surface area contributed by atoms with Gasteiger partial charge in [0.1, 0.15) is 6.33 Å². The second-order valence-corrected chi connectivity index (χ2v) is 2.01. The maximum atomic E-state index is 4.05. The number of benzene rings is 1. The minimum Gasteiger partial charge on any atom is -0.244 e. The molecule has 10 heavy (non-hydrogen) atoms. The van der Waals surface area contributed by atoms with E-state index in [4.69, 9.17) is 0 Å². The maximum Gasteiger partial charge on any atom is 0.116 e. The number of aromatic nitrogens is 2. The fourth-order valence-electron chi connectivity index (χ4n) is 0.865. The summed E-state index contributed by atoms with van der Waals surface area (Å²) in [4.78, 5) is 7.93. The first-order chi connectivity index (χ1) is 4.97. The van der Waals surface area contributed by atoms with Gasteiger partial charge in [0.15, 0.2) is 0 Å². The molecule has 1 aromatic carbocycles. The predicted molar refractivity (Wildman–Crippen MR) is 38.4 cm³/mol. The molecule has 0 atom stereocenters. The van der Waals surface area contributed by atoms with E-state index in [1.807, 2.05) is 18.2 Å². The Bertz CT molecular complexity index is 278. The van der Waals surface area contributed by atoms with Gasteiger partial charge in [-0.25, -0.2) is 9.97 Å². The minimum absolute atomic E-state index is 0.966. The number of hydrogen-bond donors (Lipinski definition) is 0. The molecule has 2 rings (SSSR count). The lowest BCUT2D eigenvalue weighted by molar-refractivity contribution is 1.22. The molecule has 1 radical (unpaired) electrons. The van der Waals surface area contributed by atoms with E-state index in [2.05, 4.69) is 16.0 Å².